The normalized spacial score (nSPS) is 13.3. The Kier molecular flexibility index (Phi) is 5.63. The fourth-order valence-corrected chi connectivity index (χ4v) is 1.61. The van der Waals surface area contributed by atoms with Gasteiger partial charge in [-0.3, -0.25) is 0 Å². The van der Waals surface area contributed by atoms with Crippen molar-refractivity contribution in [2.45, 2.75) is 40.3 Å². The first-order chi connectivity index (χ1) is 8.84. The Hall–Kier alpha value is -1.26. The van der Waals surface area contributed by atoms with E-state index >= 15 is 0 Å². The molecule has 19 heavy (non-hydrogen) atoms. The van der Waals surface area contributed by atoms with Gasteiger partial charge in [0.05, 0.1) is 12.7 Å². The molecule has 0 aliphatic heterocycles. The van der Waals surface area contributed by atoms with Crippen molar-refractivity contribution >= 4 is 0 Å². The summed E-state index contributed by atoms with van der Waals surface area (Å²) in [6.07, 6.45) is -0.426. The zero-order valence-corrected chi connectivity index (χ0v) is 12.2. The van der Waals surface area contributed by atoms with Crippen molar-refractivity contribution in [3.05, 3.63) is 23.8 Å². The van der Waals surface area contributed by atoms with Gasteiger partial charge in [-0.15, -0.1) is 0 Å². The van der Waals surface area contributed by atoms with E-state index in [1.807, 2.05) is 33.8 Å². The molecule has 0 saturated carbocycles. The van der Waals surface area contributed by atoms with Crippen LogP contribution in [0.4, 0.5) is 0 Å². The smallest absolute Gasteiger partial charge is 0.120 e. The number of benzene rings is 1. The summed E-state index contributed by atoms with van der Waals surface area (Å²) in [7, 11) is 0. The summed E-state index contributed by atoms with van der Waals surface area (Å²) in [5, 5.41) is 22.8. The minimum Gasteiger partial charge on any atom is -0.508 e. The lowest BCUT2D eigenvalue weighted by atomic mass is 9.89. The van der Waals surface area contributed by atoms with E-state index in [1.165, 1.54) is 0 Å². The van der Waals surface area contributed by atoms with Gasteiger partial charge in [0.2, 0.25) is 0 Å². The van der Waals surface area contributed by atoms with E-state index in [0.29, 0.717) is 19.7 Å². The molecule has 0 heterocycles. The highest BCUT2D eigenvalue weighted by molar-refractivity contribution is 5.39. The summed E-state index contributed by atoms with van der Waals surface area (Å²) >= 11 is 0. The zero-order valence-electron chi connectivity index (χ0n) is 12.2. The molecule has 1 atom stereocenters. The molecule has 0 fully saturated rings. The van der Waals surface area contributed by atoms with Gasteiger partial charge in [-0.2, -0.15) is 0 Å². The molecule has 0 aromatic heterocycles. The number of ether oxygens (including phenoxy) is 1. The predicted octanol–water partition coefficient (Wildman–Crippen LogP) is 2.29. The van der Waals surface area contributed by atoms with Gasteiger partial charge in [0.1, 0.15) is 11.5 Å². The Bertz CT molecular complexity index is 399. The molecule has 0 radical (unpaired) electrons. The number of phenolic OH excluding ortho intramolecular Hbond substituents is 1. The summed E-state index contributed by atoms with van der Waals surface area (Å²) in [6, 6.07) is 5.18. The number of nitrogens with one attached hydrogen (secondary N) is 1. The van der Waals surface area contributed by atoms with Gasteiger partial charge in [-0.1, -0.05) is 20.8 Å². The number of rotatable bonds is 6. The molecule has 1 aromatic carbocycles. The maximum atomic E-state index is 9.92. The number of phenols is 1. The Labute approximate surface area is 115 Å². The van der Waals surface area contributed by atoms with Crippen molar-refractivity contribution in [2.75, 3.05) is 13.2 Å². The summed E-state index contributed by atoms with van der Waals surface area (Å²) < 4.78 is 5.39. The molecule has 108 valence electrons. The molecule has 4 heteroatoms. The van der Waals surface area contributed by atoms with E-state index in [4.69, 9.17) is 4.74 Å². The SMILES string of the molecule is CCOc1ccc(O)c(CNCC(O)C(C)(C)C)c1. The van der Waals surface area contributed by atoms with Crippen LogP contribution in [0.2, 0.25) is 0 Å². The van der Waals surface area contributed by atoms with Crippen LogP contribution in [0.5, 0.6) is 11.5 Å². The molecule has 0 saturated heterocycles. The predicted molar refractivity (Wildman–Crippen MR) is 76.4 cm³/mol. The van der Waals surface area contributed by atoms with Crippen LogP contribution in [-0.2, 0) is 6.54 Å². The van der Waals surface area contributed by atoms with Crippen LogP contribution >= 0.6 is 0 Å². The lowest BCUT2D eigenvalue weighted by Crippen LogP contribution is -2.36. The number of aliphatic hydroxyl groups excluding tert-OH is 1. The lowest BCUT2D eigenvalue weighted by molar-refractivity contribution is 0.0627. The van der Waals surface area contributed by atoms with Gasteiger partial charge in [-0.25, -0.2) is 0 Å². The third-order valence-corrected chi connectivity index (χ3v) is 3.01. The standard InChI is InChI=1S/C15H25NO3/c1-5-19-12-6-7-13(17)11(8-12)9-16-10-14(18)15(2,3)4/h6-8,14,16-18H,5,9-10H2,1-4H3. The highest BCUT2D eigenvalue weighted by Gasteiger charge is 2.21. The molecule has 0 amide bonds. The molecule has 1 aromatic rings. The van der Waals surface area contributed by atoms with Crippen LogP contribution in [0.25, 0.3) is 0 Å². The number of aromatic hydroxyl groups is 1. The van der Waals surface area contributed by atoms with Crippen molar-refractivity contribution in [3.63, 3.8) is 0 Å². The van der Waals surface area contributed by atoms with Gasteiger partial charge in [-0.05, 0) is 30.5 Å². The summed E-state index contributed by atoms with van der Waals surface area (Å²) in [5.41, 5.74) is 0.620. The molecular formula is C15H25NO3. The van der Waals surface area contributed by atoms with E-state index < -0.39 is 6.10 Å². The Balaban J connectivity index is 2.55. The van der Waals surface area contributed by atoms with Crippen LogP contribution < -0.4 is 10.1 Å². The quantitative estimate of drug-likeness (QED) is 0.740. The van der Waals surface area contributed by atoms with Crippen LogP contribution in [0.1, 0.15) is 33.3 Å². The third kappa shape index (κ3) is 5.09. The minimum atomic E-state index is -0.426. The second-order valence-electron chi connectivity index (χ2n) is 5.74. The van der Waals surface area contributed by atoms with E-state index in [1.54, 1.807) is 12.1 Å². The van der Waals surface area contributed by atoms with Gasteiger partial charge >= 0.3 is 0 Å². The van der Waals surface area contributed by atoms with E-state index in [2.05, 4.69) is 5.32 Å². The van der Waals surface area contributed by atoms with Crippen LogP contribution in [0.15, 0.2) is 18.2 Å². The average molecular weight is 267 g/mol. The van der Waals surface area contributed by atoms with Crippen LogP contribution in [0, 0.1) is 5.41 Å². The van der Waals surface area contributed by atoms with Crippen LogP contribution in [-0.4, -0.2) is 29.5 Å². The summed E-state index contributed by atoms with van der Waals surface area (Å²) in [6.45, 7) is 9.48. The van der Waals surface area contributed by atoms with Crippen molar-refractivity contribution in [1.29, 1.82) is 0 Å². The van der Waals surface area contributed by atoms with Gasteiger partial charge in [0, 0.05) is 18.7 Å². The highest BCUT2D eigenvalue weighted by atomic mass is 16.5. The number of hydrogen-bond donors (Lipinski definition) is 3. The largest absolute Gasteiger partial charge is 0.508 e. The Morgan fingerprint density at radius 2 is 2.00 bits per heavy atom. The molecular weight excluding hydrogens is 242 g/mol. The first kappa shape index (κ1) is 15.8. The van der Waals surface area contributed by atoms with E-state index in [-0.39, 0.29) is 11.2 Å². The molecule has 1 unspecified atom stereocenters. The van der Waals surface area contributed by atoms with E-state index in [9.17, 15) is 10.2 Å². The second kappa shape index (κ2) is 6.78. The third-order valence-electron chi connectivity index (χ3n) is 3.01. The Morgan fingerprint density at radius 1 is 1.32 bits per heavy atom. The maximum Gasteiger partial charge on any atom is 0.120 e. The first-order valence-electron chi connectivity index (χ1n) is 6.68. The van der Waals surface area contributed by atoms with Crippen LogP contribution in [0.3, 0.4) is 0 Å². The fourth-order valence-electron chi connectivity index (χ4n) is 1.61. The lowest BCUT2D eigenvalue weighted by Gasteiger charge is -2.26. The molecule has 0 bridgehead atoms. The van der Waals surface area contributed by atoms with Gasteiger partial charge < -0.3 is 20.3 Å². The second-order valence-corrected chi connectivity index (χ2v) is 5.74. The average Bonchev–Trinajstić information content (AvgIpc) is 2.32. The Morgan fingerprint density at radius 3 is 2.58 bits per heavy atom. The summed E-state index contributed by atoms with van der Waals surface area (Å²) in [5.74, 6) is 0.981. The van der Waals surface area contributed by atoms with Gasteiger partial charge in [0.25, 0.3) is 0 Å². The molecule has 0 aliphatic rings. The number of hydrogen-bond acceptors (Lipinski definition) is 4. The first-order valence-corrected chi connectivity index (χ1v) is 6.68. The molecule has 0 aliphatic carbocycles. The highest BCUT2D eigenvalue weighted by Crippen LogP contribution is 2.23. The van der Waals surface area contributed by atoms with Crippen molar-refractivity contribution in [3.8, 4) is 11.5 Å². The van der Waals surface area contributed by atoms with Crippen molar-refractivity contribution in [1.82, 2.24) is 5.32 Å². The van der Waals surface area contributed by atoms with Crippen molar-refractivity contribution < 1.29 is 14.9 Å². The minimum absolute atomic E-state index is 0.151. The molecule has 1 rings (SSSR count). The topological polar surface area (TPSA) is 61.7 Å². The fraction of sp³-hybridized carbons (Fsp3) is 0.600. The summed E-state index contributed by atoms with van der Waals surface area (Å²) in [4.78, 5) is 0. The molecule has 0 spiro atoms. The zero-order chi connectivity index (χ0) is 14.5. The maximum absolute atomic E-state index is 9.92. The van der Waals surface area contributed by atoms with E-state index in [0.717, 1.165) is 11.3 Å². The monoisotopic (exact) mass is 267 g/mol. The molecule has 3 N–H and O–H groups in total. The molecule has 4 nitrogen and oxygen atoms in total. The van der Waals surface area contributed by atoms with Gasteiger partial charge in [0.15, 0.2) is 0 Å². The number of aliphatic hydroxyl groups is 1. The van der Waals surface area contributed by atoms with Crippen molar-refractivity contribution in [2.24, 2.45) is 5.41 Å².